The van der Waals surface area contributed by atoms with Gasteiger partial charge in [0.05, 0.1) is 5.56 Å². The molecule has 6 aromatic rings. The monoisotopic (exact) mass is 546 g/mol. The number of benzene rings is 6. The molecule has 6 aromatic carbocycles. The Morgan fingerprint density at radius 1 is 0.439 bits per heavy atom. The van der Waals surface area contributed by atoms with Crippen molar-refractivity contribution in [3.8, 4) is 44.5 Å². The zero-order valence-electron chi connectivity index (χ0n) is 22.3. The first kappa shape index (κ1) is 26.5. The number of hydrogen-bond donors (Lipinski definition) is 0. The van der Waals surface area contributed by atoms with Gasteiger partial charge >= 0.3 is 6.18 Å². The van der Waals surface area contributed by atoms with Crippen LogP contribution in [-0.2, 0) is 12.6 Å². The molecule has 202 valence electrons. The number of hydrogen-bond acceptors (Lipinski definition) is 0. The van der Waals surface area contributed by atoms with Gasteiger partial charge in [0.1, 0.15) is 5.82 Å². The lowest BCUT2D eigenvalue weighted by atomic mass is 9.95. The summed E-state index contributed by atoms with van der Waals surface area (Å²) in [6.45, 7) is 1.86. The van der Waals surface area contributed by atoms with Crippen LogP contribution in [0.5, 0.6) is 0 Å². The second-order valence-corrected chi connectivity index (χ2v) is 10.2. The molecule has 0 nitrogen and oxygen atoms in total. The lowest BCUT2D eigenvalue weighted by Crippen LogP contribution is -2.06. The van der Waals surface area contributed by atoms with Gasteiger partial charge in [-0.05, 0) is 104 Å². The minimum atomic E-state index is -4.38. The van der Waals surface area contributed by atoms with Crippen LogP contribution in [0.4, 0.5) is 17.6 Å². The van der Waals surface area contributed by atoms with E-state index in [4.69, 9.17) is 0 Å². The predicted octanol–water partition coefficient (Wildman–Crippen LogP) is 11.2. The molecule has 0 saturated carbocycles. The van der Waals surface area contributed by atoms with Gasteiger partial charge in [-0.15, -0.1) is 0 Å². The summed E-state index contributed by atoms with van der Waals surface area (Å²) in [7, 11) is 0. The molecule has 41 heavy (non-hydrogen) atoms. The molecule has 0 aliphatic heterocycles. The smallest absolute Gasteiger partial charge is 0.207 e. The topological polar surface area (TPSA) is 0 Å². The van der Waals surface area contributed by atoms with Crippen LogP contribution in [0.2, 0.25) is 0 Å². The zero-order valence-corrected chi connectivity index (χ0v) is 22.3. The second-order valence-electron chi connectivity index (χ2n) is 10.2. The summed E-state index contributed by atoms with van der Waals surface area (Å²) in [6, 6.07) is 39.3. The Morgan fingerprint density at radius 3 is 1.27 bits per heavy atom. The maximum Gasteiger partial charge on any atom is 0.416 e. The molecule has 0 N–H and O–H groups in total. The van der Waals surface area contributed by atoms with Gasteiger partial charge in [0.2, 0.25) is 0 Å². The normalized spacial score (nSPS) is 11.6. The quantitative estimate of drug-likeness (QED) is 0.189. The Balaban J connectivity index is 1.24. The van der Waals surface area contributed by atoms with Crippen molar-refractivity contribution in [1.82, 2.24) is 0 Å². The van der Waals surface area contributed by atoms with E-state index in [1.165, 1.54) is 24.3 Å². The average Bonchev–Trinajstić information content (AvgIpc) is 3.00. The van der Waals surface area contributed by atoms with E-state index >= 15 is 0 Å². The molecule has 4 heteroatoms. The lowest BCUT2D eigenvalue weighted by molar-refractivity contribution is -0.137. The summed E-state index contributed by atoms with van der Waals surface area (Å²) < 4.78 is 53.5. The Labute approximate surface area is 236 Å². The van der Waals surface area contributed by atoms with E-state index in [9.17, 15) is 17.6 Å². The molecule has 6 rings (SSSR count). The van der Waals surface area contributed by atoms with Crippen molar-refractivity contribution in [3.05, 3.63) is 144 Å². The fourth-order valence-electron chi connectivity index (χ4n) is 5.18. The van der Waals surface area contributed by atoms with Crippen molar-refractivity contribution < 1.29 is 17.6 Å². The van der Waals surface area contributed by atoms with Crippen LogP contribution in [0.25, 0.3) is 55.3 Å². The van der Waals surface area contributed by atoms with E-state index in [1.807, 2.05) is 49.4 Å². The van der Waals surface area contributed by atoms with Gasteiger partial charge < -0.3 is 0 Å². The number of aryl methyl sites for hydroxylation is 1. The highest BCUT2D eigenvalue weighted by atomic mass is 19.4. The third kappa shape index (κ3) is 5.64. The first-order chi connectivity index (χ1) is 19.8. The van der Waals surface area contributed by atoms with Gasteiger partial charge in [-0.25, -0.2) is 4.39 Å². The number of halogens is 4. The van der Waals surface area contributed by atoms with Crippen LogP contribution in [0.3, 0.4) is 0 Å². The van der Waals surface area contributed by atoms with Gasteiger partial charge in [0.15, 0.2) is 0 Å². The SMILES string of the molecule is CCc1cc(-c2ccc(-c3ccc4cc(-c5ccc(-c6ccc(F)cc6)cc5)ccc4c3)cc2)cc(C(F)(F)F)c1. The Bertz CT molecular complexity index is 1830. The molecule has 0 aromatic heterocycles. The van der Waals surface area contributed by atoms with Crippen LogP contribution in [-0.4, -0.2) is 0 Å². The van der Waals surface area contributed by atoms with E-state index in [2.05, 4.69) is 48.5 Å². The van der Waals surface area contributed by atoms with Gasteiger partial charge in [-0.3, -0.25) is 0 Å². The molecule has 0 heterocycles. The zero-order chi connectivity index (χ0) is 28.6. The van der Waals surface area contributed by atoms with Crippen LogP contribution >= 0.6 is 0 Å². The predicted molar refractivity (Wildman–Crippen MR) is 160 cm³/mol. The van der Waals surface area contributed by atoms with Crippen LogP contribution < -0.4 is 0 Å². The minimum absolute atomic E-state index is 0.248. The summed E-state index contributed by atoms with van der Waals surface area (Å²) >= 11 is 0. The highest BCUT2D eigenvalue weighted by Gasteiger charge is 2.31. The third-order valence-corrected chi connectivity index (χ3v) is 7.52. The van der Waals surface area contributed by atoms with Crippen molar-refractivity contribution in [2.45, 2.75) is 19.5 Å². The minimum Gasteiger partial charge on any atom is -0.207 e. The molecule has 0 aliphatic rings. The molecule has 0 fully saturated rings. The van der Waals surface area contributed by atoms with Gasteiger partial charge in [-0.1, -0.05) is 97.9 Å². The van der Waals surface area contributed by atoms with E-state index in [0.29, 0.717) is 17.5 Å². The highest BCUT2D eigenvalue weighted by molar-refractivity contribution is 5.91. The van der Waals surface area contributed by atoms with Crippen molar-refractivity contribution >= 4 is 10.8 Å². The van der Waals surface area contributed by atoms with Crippen molar-refractivity contribution in [3.63, 3.8) is 0 Å². The van der Waals surface area contributed by atoms with E-state index in [1.54, 1.807) is 12.1 Å². The Kier molecular flexibility index (Phi) is 6.92. The first-order valence-electron chi connectivity index (χ1n) is 13.5. The van der Waals surface area contributed by atoms with Crippen LogP contribution in [0.15, 0.2) is 127 Å². The number of fused-ring (bicyclic) bond motifs is 1. The van der Waals surface area contributed by atoms with E-state index in [-0.39, 0.29) is 5.82 Å². The average molecular weight is 547 g/mol. The summed E-state index contributed by atoms with van der Waals surface area (Å²) in [5, 5.41) is 2.21. The largest absolute Gasteiger partial charge is 0.416 e. The molecular formula is C37H26F4. The van der Waals surface area contributed by atoms with Crippen LogP contribution in [0, 0.1) is 5.82 Å². The Morgan fingerprint density at radius 2 is 0.829 bits per heavy atom. The first-order valence-corrected chi connectivity index (χ1v) is 13.5. The maximum atomic E-state index is 13.4. The standard InChI is InChI=1S/C37H26F4/c1-2-24-19-34(23-35(20-24)37(39,40)41)29-9-7-28(8-10-29)31-12-14-32-21-30(11-13-33(32)22-31)27-5-3-25(4-6-27)26-15-17-36(38)18-16-26/h3-23H,2H2,1H3. The van der Waals surface area contributed by atoms with Gasteiger partial charge in [-0.2, -0.15) is 13.2 Å². The number of alkyl halides is 3. The van der Waals surface area contributed by atoms with E-state index in [0.717, 1.165) is 49.7 Å². The lowest BCUT2D eigenvalue weighted by Gasteiger charge is -2.12. The molecule has 0 bridgehead atoms. The highest BCUT2D eigenvalue weighted by Crippen LogP contribution is 2.35. The third-order valence-electron chi connectivity index (χ3n) is 7.52. The summed E-state index contributed by atoms with van der Waals surface area (Å²) in [4.78, 5) is 0. The summed E-state index contributed by atoms with van der Waals surface area (Å²) in [6.07, 6.45) is -3.84. The summed E-state index contributed by atoms with van der Waals surface area (Å²) in [5.74, 6) is -0.248. The molecule has 0 radical (unpaired) electrons. The fraction of sp³-hybridized carbons (Fsp3) is 0.0811. The summed E-state index contributed by atoms with van der Waals surface area (Å²) in [5.41, 5.74) is 7.61. The van der Waals surface area contributed by atoms with Crippen LogP contribution in [0.1, 0.15) is 18.1 Å². The molecule has 0 spiro atoms. The second kappa shape index (κ2) is 10.7. The maximum absolute atomic E-state index is 13.4. The fourth-order valence-corrected chi connectivity index (χ4v) is 5.18. The van der Waals surface area contributed by atoms with E-state index < -0.39 is 11.7 Å². The molecule has 0 aliphatic carbocycles. The Hall–Kier alpha value is -4.70. The molecule has 0 amide bonds. The van der Waals surface area contributed by atoms with Crippen molar-refractivity contribution in [2.24, 2.45) is 0 Å². The van der Waals surface area contributed by atoms with Crippen molar-refractivity contribution in [1.29, 1.82) is 0 Å². The molecular weight excluding hydrogens is 520 g/mol. The number of rotatable bonds is 5. The molecule has 0 unspecified atom stereocenters. The van der Waals surface area contributed by atoms with Gasteiger partial charge in [0.25, 0.3) is 0 Å². The van der Waals surface area contributed by atoms with Gasteiger partial charge in [0, 0.05) is 0 Å². The van der Waals surface area contributed by atoms with Crippen molar-refractivity contribution in [2.75, 3.05) is 0 Å². The molecule has 0 atom stereocenters. The molecule has 0 saturated heterocycles.